The molecule has 2 atom stereocenters. The number of sulfone groups is 1. The van der Waals surface area contributed by atoms with Gasteiger partial charge in [0, 0.05) is 98.7 Å². The van der Waals surface area contributed by atoms with Gasteiger partial charge >= 0.3 is 55.8 Å². The van der Waals surface area contributed by atoms with Gasteiger partial charge in [-0.25, -0.2) is 8.42 Å². The molecule has 1 saturated carbocycles. The summed E-state index contributed by atoms with van der Waals surface area (Å²) in [5, 5.41) is 0. The van der Waals surface area contributed by atoms with Crippen LogP contribution in [0.5, 0.6) is 17.2 Å². The van der Waals surface area contributed by atoms with Crippen LogP contribution in [0.15, 0.2) is 448 Å². The SMILES string of the molecule is Brc1ccc(N(c2ccc(Br)cc2)c2ccc(Br)cc2)cc1.COc1ccc(S(=O)(=O)c2ccc(Oc3ccc(N(c4ccccc4)c4ccc(-c5ccc(N(c6ccccc6)c6ccc(C)cc6)cc5)cc4)cc3)cc2)cc1.Cc1ccc(N(c2ccc(C)cc2)c2ccc(C3CCCC(c4ccc(N(c5ccc(C)cc5)c5ccc(C)cc5)cc4)C3)cc2)cc1.[Cl-].[Cl][Sb]([Cl])([Cl])([Cl])[Cl]. The molecule has 0 aliphatic heterocycles. The number of anilines is 15. The van der Waals surface area contributed by atoms with E-state index in [0.29, 0.717) is 29.1 Å². The summed E-state index contributed by atoms with van der Waals surface area (Å²) >= 11 is 6.16. The van der Waals surface area contributed by atoms with Gasteiger partial charge in [0.1, 0.15) is 17.2 Å². The fourth-order valence-corrected chi connectivity index (χ4v) is 18.3. The molecule has 134 heavy (non-hydrogen) atoms. The summed E-state index contributed by atoms with van der Waals surface area (Å²) in [5.74, 6) is 2.90. The first-order valence-electron chi connectivity index (χ1n) is 43.6. The first-order valence-corrected chi connectivity index (χ1v) is 63.7. The van der Waals surface area contributed by atoms with Gasteiger partial charge in [-0.2, -0.15) is 0 Å². The Morgan fingerprint density at radius 1 is 0.269 bits per heavy atom. The van der Waals surface area contributed by atoms with E-state index < -0.39 is 21.5 Å². The number of nitrogens with zero attached hydrogens (tertiary/aromatic N) is 5. The van der Waals surface area contributed by atoms with E-state index in [0.717, 1.165) is 75.7 Å². The van der Waals surface area contributed by atoms with Crippen LogP contribution in [-0.2, 0) is 9.84 Å². The molecule has 17 aromatic carbocycles. The van der Waals surface area contributed by atoms with Crippen molar-refractivity contribution in [2.24, 2.45) is 0 Å². The van der Waals surface area contributed by atoms with Gasteiger partial charge in [-0.3, -0.25) is 0 Å². The second kappa shape index (κ2) is 45.8. The molecule has 20 heteroatoms. The molecular formula is C114H98Br3Cl6N5O4SSb-. The molecule has 18 rings (SSSR count). The molecule has 17 aromatic rings. The summed E-state index contributed by atoms with van der Waals surface area (Å²) in [5.41, 5.74) is 28.2. The van der Waals surface area contributed by atoms with Gasteiger partial charge in [0.15, 0.2) is 0 Å². The van der Waals surface area contributed by atoms with E-state index in [1.807, 2.05) is 48.5 Å². The Morgan fingerprint density at radius 2 is 0.463 bits per heavy atom. The van der Waals surface area contributed by atoms with Gasteiger partial charge in [-0.15, -0.1) is 0 Å². The van der Waals surface area contributed by atoms with Crippen molar-refractivity contribution in [2.45, 2.75) is 81.9 Å². The Bertz CT molecular complexity index is 6400. The fraction of sp³-hybridized carbons (Fsp3) is 0.105. The van der Waals surface area contributed by atoms with E-state index in [9.17, 15) is 8.42 Å². The van der Waals surface area contributed by atoms with E-state index in [-0.39, 0.29) is 22.2 Å². The Kier molecular flexibility index (Phi) is 33.9. The molecule has 0 spiro atoms. The van der Waals surface area contributed by atoms with Gasteiger partial charge in [0.2, 0.25) is 9.84 Å². The van der Waals surface area contributed by atoms with E-state index in [4.69, 9.17) is 53.6 Å². The van der Waals surface area contributed by atoms with Gasteiger partial charge in [0.05, 0.1) is 16.9 Å². The molecule has 678 valence electrons. The topological polar surface area (TPSA) is 68.8 Å². The molecule has 1 fully saturated rings. The third-order valence-corrected chi connectivity index (χ3v) is 26.5. The molecule has 0 amide bonds. The number of halogens is 9. The summed E-state index contributed by atoms with van der Waals surface area (Å²) in [7, 11) is 23.1. The molecule has 0 heterocycles. The number of hydrogen-bond donors (Lipinski definition) is 0. The molecular weight excluding hydrogens is 2110 g/mol. The number of aryl methyl sites for hydroxylation is 5. The predicted molar refractivity (Wildman–Crippen MR) is 575 cm³/mol. The van der Waals surface area contributed by atoms with Crippen LogP contribution in [0.25, 0.3) is 11.1 Å². The molecule has 0 radical (unpaired) electrons. The zero-order valence-corrected chi connectivity index (χ0v) is 87.2. The van der Waals surface area contributed by atoms with Crippen molar-refractivity contribution in [2.75, 3.05) is 31.6 Å². The minimum atomic E-state index is -4.33. The van der Waals surface area contributed by atoms with E-state index in [1.165, 1.54) is 98.8 Å². The van der Waals surface area contributed by atoms with Crippen LogP contribution in [0, 0.1) is 34.6 Å². The van der Waals surface area contributed by atoms with Crippen LogP contribution in [0.4, 0.5) is 85.3 Å². The second-order valence-corrected chi connectivity index (χ2v) is 75.3. The average Bonchev–Trinajstić information content (AvgIpc) is 0.812. The van der Waals surface area contributed by atoms with Crippen LogP contribution in [0.2, 0.25) is 0 Å². The van der Waals surface area contributed by atoms with Gasteiger partial charge in [-0.05, 0) is 367 Å². The summed E-state index contributed by atoms with van der Waals surface area (Å²) < 4.78 is 40.9. The van der Waals surface area contributed by atoms with E-state index >= 15 is 0 Å². The molecule has 0 saturated heterocycles. The summed E-state index contributed by atoms with van der Waals surface area (Å²) in [4.78, 5) is 11.8. The molecule has 1 aliphatic rings. The molecule has 0 bridgehead atoms. The van der Waals surface area contributed by atoms with Crippen LogP contribution in [-0.4, -0.2) is 27.2 Å². The first-order chi connectivity index (χ1) is 64.1. The van der Waals surface area contributed by atoms with Crippen LogP contribution >= 0.6 is 91.9 Å². The molecule has 1 aliphatic carbocycles. The predicted octanol–water partition coefficient (Wildman–Crippen LogP) is 34.1. The van der Waals surface area contributed by atoms with Gasteiger partial charge in [-0.1, -0.05) is 228 Å². The van der Waals surface area contributed by atoms with Crippen LogP contribution in [0.3, 0.4) is 0 Å². The van der Waals surface area contributed by atoms with Crippen molar-refractivity contribution in [1.82, 2.24) is 0 Å². The standard InChI is InChI=1S/C50H40N2O4S.C46H46N2.C18H12Br3N.6ClH.Sb/c1-37-13-19-42(20-14-37)51(40-9-5-3-6-10-40)43-21-15-38(16-22-43)39-17-23-44(24-18-39)52(41-11-7-4-8-12-41)45-25-27-47(28-26-45)56-48-31-35-50(36-32-48)57(53,54)49-33-29-46(55-2)30-34-49;1-33-8-20-41(21-9-33)47(42-22-10-34(2)11-23-42)45-28-16-37(17-29-45)39-6-5-7-40(32-39)38-18-30-46(31-19-38)48(43-24-12-35(3)13-25-43)44-26-14-36(4)15-27-44;19-13-1-7-16(8-2-13)22(17-9-3-14(20)4-10-17)18-11-5-15(21)6-12-18;;;;;;;/h3-36H,1-2H3;8-31,39-40H,5-7,32H2,1-4H3;1-12H;6*1H;/q;;;;;;;;;+5/p-6. The molecule has 0 N–H and O–H groups in total. The molecule has 9 nitrogen and oxygen atoms in total. The van der Waals surface area contributed by atoms with E-state index in [2.05, 4.69) is 434 Å². The number of benzene rings is 17. The molecule has 2 unspecified atom stereocenters. The number of methoxy groups -OCH3 is 1. The Hall–Kier alpha value is -10.7. The minimum absolute atomic E-state index is 0. The van der Waals surface area contributed by atoms with Crippen molar-refractivity contribution in [1.29, 1.82) is 0 Å². The number of rotatable bonds is 23. The number of para-hydroxylation sites is 2. The third kappa shape index (κ3) is 26.9. The molecule has 0 aromatic heterocycles. The van der Waals surface area contributed by atoms with Crippen LogP contribution in [0.1, 0.15) is 76.5 Å². The quantitative estimate of drug-likeness (QED) is 0.0583. The van der Waals surface area contributed by atoms with Gasteiger partial charge < -0.3 is 46.4 Å². The maximum atomic E-state index is 13.2. The fourth-order valence-electron chi connectivity index (χ4n) is 16.2. The normalized spacial score (nSPS) is 13.0. The summed E-state index contributed by atoms with van der Waals surface area (Å²) in [6.07, 6.45) is 4.96. The Labute approximate surface area is 839 Å². The maximum absolute atomic E-state index is 13.2. The van der Waals surface area contributed by atoms with Crippen molar-refractivity contribution in [3.05, 3.63) is 477 Å². The summed E-state index contributed by atoms with van der Waals surface area (Å²) in [6.45, 7) is 10.7. The zero-order valence-electron chi connectivity index (χ0n) is 74.5. The monoisotopic (exact) mass is 2200 g/mol. The number of ether oxygens (including phenoxy) is 2. The first kappa shape index (κ1) is 99.3. The van der Waals surface area contributed by atoms with Gasteiger partial charge in [0.25, 0.3) is 0 Å². The summed E-state index contributed by atoms with van der Waals surface area (Å²) in [6, 6.07) is 146. The van der Waals surface area contributed by atoms with Crippen molar-refractivity contribution in [3.63, 3.8) is 0 Å². The van der Waals surface area contributed by atoms with Crippen molar-refractivity contribution < 1.29 is 30.3 Å². The third-order valence-electron chi connectivity index (χ3n) is 23.1. The average molecular weight is 2210 g/mol. The Morgan fingerprint density at radius 3 is 0.701 bits per heavy atom. The Balaban J connectivity index is 0.000000168. The zero-order chi connectivity index (χ0) is 93.2. The van der Waals surface area contributed by atoms with Crippen LogP contribution < -0.4 is 46.4 Å². The van der Waals surface area contributed by atoms with Crippen molar-refractivity contribution >= 4 is 199 Å². The number of hydrogen-bond acceptors (Lipinski definition) is 9. The van der Waals surface area contributed by atoms with Crippen molar-refractivity contribution in [3.8, 4) is 28.4 Å². The van der Waals surface area contributed by atoms with E-state index in [1.54, 1.807) is 55.6 Å². The second-order valence-electron chi connectivity index (χ2n) is 32.7.